The fraction of sp³-hybridized carbons (Fsp3) is 0.167. The fourth-order valence-corrected chi connectivity index (χ4v) is 3.68. The summed E-state index contributed by atoms with van der Waals surface area (Å²) in [4.78, 5) is 24.2. The SMILES string of the molecule is CCn1c2ccccc2c2cc(NC(=O)CNC(=O)NCc3ccc(F)cc3)ccc21. The maximum absolute atomic E-state index is 12.9. The van der Waals surface area contributed by atoms with Crippen LogP contribution in [0.4, 0.5) is 14.9 Å². The van der Waals surface area contributed by atoms with Crippen LogP contribution in [0.2, 0.25) is 0 Å². The van der Waals surface area contributed by atoms with Crippen LogP contribution in [0.1, 0.15) is 12.5 Å². The Balaban J connectivity index is 1.36. The highest BCUT2D eigenvalue weighted by Gasteiger charge is 2.11. The van der Waals surface area contributed by atoms with Crippen molar-refractivity contribution in [3.8, 4) is 0 Å². The highest BCUT2D eigenvalue weighted by atomic mass is 19.1. The summed E-state index contributed by atoms with van der Waals surface area (Å²) < 4.78 is 15.2. The molecule has 0 spiro atoms. The monoisotopic (exact) mass is 418 g/mol. The highest BCUT2D eigenvalue weighted by molar-refractivity contribution is 6.10. The van der Waals surface area contributed by atoms with Gasteiger partial charge in [-0.15, -0.1) is 0 Å². The summed E-state index contributed by atoms with van der Waals surface area (Å²) in [6.07, 6.45) is 0. The topological polar surface area (TPSA) is 75.2 Å². The number of carbonyl (C=O) groups excluding carboxylic acids is 2. The summed E-state index contributed by atoms with van der Waals surface area (Å²) in [6.45, 7) is 3.04. The number of amides is 3. The van der Waals surface area contributed by atoms with Gasteiger partial charge in [0, 0.05) is 40.6 Å². The predicted octanol–water partition coefficient (Wildman–Crippen LogP) is 4.39. The molecule has 0 atom stereocenters. The number of fused-ring (bicyclic) bond motifs is 3. The van der Waals surface area contributed by atoms with Crippen molar-refractivity contribution in [2.24, 2.45) is 0 Å². The summed E-state index contributed by atoms with van der Waals surface area (Å²) in [7, 11) is 0. The van der Waals surface area contributed by atoms with E-state index in [-0.39, 0.29) is 24.8 Å². The second kappa shape index (κ2) is 8.87. The molecule has 0 radical (unpaired) electrons. The fourth-order valence-electron chi connectivity index (χ4n) is 3.68. The van der Waals surface area contributed by atoms with E-state index >= 15 is 0 Å². The van der Waals surface area contributed by atoms with Crippen LogP contribution in [0, 0.1) is 5.82 Å². The van der Waals surface area contributed by atoms with Crippen LogP contribution in [-0.4, -0.2) is 23.1 Å². The van der Waals surface area contributed by atoms with Gasteiger partial charge in [-0.2, -0.15) is 0 Å². The lowest BCUT2D eigenvalue weighted by Crippen LogP contribution is -2.39. The second-order valence-corrected chi connectivity index (χ2v) is 7.20. The first-order valence-corrected chi connectivity index (χ1v) is 10.1. The molecule has 6 nitrogen and oxygen atoms in total. The lowest BCUT2D eigenvalue weighted by molar-refractivity contribution is -0.115. The third-order valence-corrected chi connectivity index (χ3v) is 5.15. The van der Waals surface area contributed by atoms with Crippen LogP contribution in [0.5, 0.6) is 0 Å². The number of benzene rings is 3. The van der Waals surface area contributed by atoms with E-state index in [1.807, 2.05) is 30.3 Å². The van der Waals surface area contributed by atoms with E-state index < -0.39 is 6.03 Å². The molecule has 0 unspecified atom stereocenters. The van der Waals surface area contributed by atoms with Crippen LogP contribution < -0.4 is 16.0 Å². The number of hydrogen-bond acceptors (Lipinski definition) is 2. The Kier molecular flexibility index (Phi) is 5.84. The number of nitrogens with one attached hydrogen (secondary N) is 3. The summed E-state index contributed by atoms with van der Waals surface area (Å²) >= 11 is 0. The Morgan fingerprint density at radius 3 is 2.42 bits per heavy atom. The molecule has 3 N–H and O–H groups in total. The minimum absolute atomic E-state index is 0.163. The summed E-state index contributed by atoms with van der Waals surface area (Å²) in [5.74, 6) is -0.655. The maximum atomic E-state index is 12.9. The maximum Gasteiger partial charge on any atom is 0.315 e. The minimum Gasteiger partial charge on any atom is -0.341 e. The zero-order valence-electron chi connectivity index (χ0n) is 17.1. The molecule has 1 aromatic heterocycles. The second-order valence-electron chi connectivity index (χ2n) is 7.20. The van der Waals surface area contributed by atoms with Gasteiger partial charge in [0.1, 0.15) is 5.82 Å². The van der Waals surface area contributed by atoms with E-state index in [0.29, 0.717) is 5.69 Å². The molecule has 31 heavy (non-hydrogen) atoms. The number of aromatic nitrogens is 1. The normalized spacial score (nSPS) is 10.9. The summed E-state index contributed by atoms with van der Waals surface area (Å²) in [5, 5.41) is 10.2. The van der Waals surface area contributed by atoms with E-state index in [1.165, 1.54) is 12.1 Å². The van der Waals surface area contributed by atoms with Crippen molar-refractivity contribution in [2.45, 2.75) is 20.0 Å². The van der Waals surface area contributed by atoms with Crippen molar-refractivity contribution in [3.05, 3.63) is 78.1 Å². The Morgan fingerprint density at radius 2 is 1.65 bits per heavy atom. The van der Waals surface area contributed by atoms with E-state index in [2.05, 4.69) is 39.6 Å². The van der Waals surface area contributed by atoms with Gasteiger partial charge >= 0.3 is 6.03 Å². The molecular formula is C24H23FN4O2. The third kappa shape index (κ3) is 4.50. The van der Waals surface area contributed by atoms with Crippen molar-refractivity contribution < 1.29 is 14.0 Å². The molecule has 158 valence electrons. The highest BCUT2D eigenvalue weighted by Crippen LogP contribution is 2.30. The quantitative estimate of drug-likeness (QED) is 0.434. The van der Waals surface area contributed by atoms with Gasteiger partial charge in [-0.3, -0.25) is 4.79 Å². The van der Waals surface area contributed by atoms with Gasteiger partial charge in [-0.1, -0.05) is 30.3 Å². The van der Waals surface area contributed by atoms with Gasteiger partial charge < -0.3 is 20.5 Å². The van der Waals surface area contributed by atoms with Crippen LogP contribution in [0.25, 0.3) is 21.8 Å². The van der Waals surface area contributed by atoms with E-state index in [4.69, 9.17) is 0 Å². The van der Waals surface area contributed by atoms with Crippen LogP contribution in [0.15, 0.2) is 66.7 Å². The van der Waals surface area contributed by atoms with Gasteiger partial charge in [0.2, 0.25) is 5.91 Å². The van der Waals surface area contributed by atoms with Gasteiger partial charge in [0.15, 0.2) is 0 Å². The number of rotatable bonds is 6. The number of aryl methyl sites for hydroxylation is 1. The van der Waals surface area contributed by atoms with Gasteiger partial charge in [0.25, 0.3) is 0 Å². The number of anilines is 1. The van der Waals surface area contributed by atoms with Gasteiger partial charge in [0.05, 0.1) is 6.54 Å². The van der Waals surface area contributed by atoms with Crippen molar-refractivity contribution in [3.63, 3.8) is 0 Å². The number of hydrogen-bond donors (Lipinski definition) is 3. The number of urea groups is 1. The van der Waals surface area contributed by atoms with Gasteiger partial charge in [-0.05, 0) is 48.9 Å². The lowest BCUT2D eigenvalue weighted by atomic mass is 10.1. The average molecular weight is 418 g/mol. The molecule has 0 aliphatic carbocycles. The minimum atomic E-state index is -0.471. The number of halogens is 1. The first kappa shape index (κ1) is 20.4. The first-order chi connectivity index (χ1) is 15.0. The van der Waals surface area contributed by atoms with Crippen molar-refractivity contribution in [2.75, 3.05) is 11.9 Å². The zero-order valence-corrected chi connectivity index (χ0v) is 17.1. The Hall–Kier alpha value is -3.87. The molecule has 3 amide bonds. The first-order valence-electron chi connectivity index (χ1n) is 10.1. The molecule has 3 aromatic carbocycles. The van der Waals surface area contributed by atoms with E-state index in [1.54, 1.807) is 12.1 Å². The standard InChI is InChI=1S/C24H23FN4O2/c1-2-29-21-6-4-3-5-19(21)20-13-18(11-12-22(20)29)28-23(30)15-27-24(31)26-14-16-7-9-17(25)10-8-16/h3-13H,2,14-15H2,1H3,(H,28,30)(H2,26,27,31). The Labute approximate surface area is 179 Å². The molecule has 7 heteroatoms. The molecule has 0 fully saturated rings. The van der Waals surface area contributed by atoms with E-state index in [0.717, 1.165) is 33.9 Å². The molecule has 0 saturated carbocycles. The number of nitrogens with zero attached hydrogens (tertiary/aromatic N) is 1. The zero-order chi connectivity index (χ0) is 21.8. The average Bonchev–Trinajstić information content (AvgIpc) is 3.10. The lowest BCUT2D eigenvalue weighted by Gasteiger charge is -2.09. The molecule has 0 aliphatic rings. The Bertz CT molecular complexity index is 1250. The largest absolute Gasteiger partial charge is 0.341 e. The number of para-hydroxylation sites is 1. The molecule has 1 heterocycles. The smallest absolute Gasteiger partial charge is 0.315 e. The van der Waals surface area contributed by atoms with E-state index in [9.17, 15) is 14.0 Å². The van der Waals surface area contributed by atoms with Crippen molar-refractivity contribution in [1.82, 2.24) is 15.2 Å². The third-order valence-electron chi connectivity index (χ3n) is 5.15. The van der Waals surface area contributed by atoms with Gasteiger partial charge in [-0.25, -0.2) is 9.18 Å². The van der Waals surface area contributed by atoms with Crippen LogP contribution in [0.3, 0.4) is 0 Å². The molecular weight excluding hydrogens is 395 g/mol. The van der Waals surface area contributed by atoms with Crippen LogP contribution >= 0.6 is 0 Å². The molecule has 0 bridgehead atoms. The van der Waals surface area contributed by atoms with Crippen molar-refractivity contribution in [1.29, 1.82) is 0 Å². The molecule has 0 aliphatic heterocycles. The predicted molar refractivity (Wildman–Crippen MR) is 120 cm³/mol. The van der Waals surface area contributed by atoms with Crippen molar-refractivity contribution >= 4 is 39.4 Å². The molecule has 0 saturated heterocycles. The molecule has 4 aromatic rings. The Morgan fingerprint density at radius 1 is 0.903 bits per heavy atom. The summed E-state index contributed by atoms with van der Waals surface area (Å²) in [5.41, 5.74) is 3.70. The number of carbonyl (C=O) groups is 2. The summed E-state index contributed by atoms with van der Waals surface area (Å²) in [6, 6.07) is 19.4. The molecule has 4 rings (SSSR count). The van der Waals surface area contributed by atoms with Crippen LogP contribution in [-0.2, 0) is 17.9 Å².